The van der Waals surface area contributed by atoms with Gasteiger partial charge in [-0.3, -0.25) is 4.79 Å². The number of carboxylic acids is 1. The van der Waals surface area contributed by atoms with E-state index in [0.717, 1.165) is 6.92 Å². The van der Waals surface area contributed by atoms with E-state index in [0.29, 0.717) is 0 Å². The zero-order valence-electron chi connectivity index (χ0n) is 6.36. The third-order valence-corrected chi connectivity index (χ3v) is 0. The Bertz CT molecular complexity index is 41.0. The van der Waals surface area contributed by atoms with Gasteiger partial charge in [0.2, 0.25) is 0 Å². The Morgan fingerprint density at radius 1 is 1.83 bits per heavy atom. The predicted octanol–water partition coefficient (Wildman–Crippen LogP) is -5.68. The van der Waals surface area contributed by atoms with Crippen LogP contribution in [0.1, 0.15) is 9.78 Å². The molecule has 0 aliphatic rings. The van der Waals surface area contributed by atoms with Crippen LogP contribution in [0, 0.1) is 0 Å². The molecular formula is C2H6KLiO2. The van der Waals surface area contributed by atoms with Crippen LogP contribution in [0.2, 0.25) is 0 Å². The fourth-order valence-electron chi connectivity index (χ4n) is 0. The molecule has 0 rings (SSSR count). The first-order valence-electron chi connectivity index (χ1n) is 0.928. The van der Waals surface area contributed by atoms with Crippen LogP contribution in [0.4, 0.5) is 0 Å². The number of carboxylic acid groups (broad SMARTS) is 1. The predicted molar refractivity (Wildman–Crippen MR) is 15.5 cm³/mol. The molecule has 6 heavy (non-hydrogen) atoms. The van der Waals surface area contributed by atoms with Gasteiger partial charge < -0.3 is 7.96 Å². The zero-order chi connectivity index (χ0) is 3.58. The van der Waals surface area contributed by atoms with Crippen molar-refractivity contribution in [3.05, 3.63) is 0 Å². The van der Waals surface area contributed by atoms with Crippen LogP contribution in [-0.4, -0.2) is 11.1 Å². The molecule has 0 atom stereocenters. The van der Waals surface area contributed by atoms with Crippen molar-refractivity contribution in [3.63, 3.8) is 0 Å². The summed E-state index contributed by atoms with van der Waals surface area (Å²) in [6, 6.07) is 0. The molecule has 2 nitrogen and oxygen atoms in total. The first-order chi connectivity index (χ1) is 1.73. The normalized spacial score (nSPS) is 4.17. The van der Waals surface area contributed by atoms with Crippen molar-refractivity contribution >= 4 is 5.97 Å². The topological polar surface area (TPSA) is 37.3 Å². The Labute approximate surface area is 94.2 Å². The third kappa shape index (κ3) is 43.5. The summed E-state index contributed by atoms with van der Waals surface area (Å²) in [6.07, 6.45) is 0. The molecule has 0 aliphatic carbocycles. The van der Waals surface area contributed by atoms with Gasteiger partial charge in [-0.2, -0.15) is 0 Å². The van der Waals surface area contributed by atoms with Crippen LogP contribution in [0.25, 0.3) is 0 Å². The van der Waals surface area contributed by atoms with E-state index in [1.54, 1.807) is 0 Å². The smallest absolute Gasteiger partial charge is 1.00 e. The zero-order valence-corrected chi connectivity index (χ0v) is 7.48. The second kappa shape index (κ2) is 9.86. The van der Waals surface area contributed by atoms with E-state index in [-0.39, 0.29) is 73.1 Å². The summed E-state index contributed by atoms with van der Waals surface area (Å²) < 4.78 is 0. The van der Waals surface area contributed by atoms with E-state index in [4.69, 9.17) is 9.90 Å². The van der Waals surface area contributed by atoms with Gasteiger partial charge in [0.25, 0.3) is 5.97 Å². The van der Waals surface area contributed by atoms with Gasteiger partial charge >= 0.3 is 70.2 Å². The van der Waals surface area contributed by atoms with Gasteiger partial charge in [0, 0.05) is 6.92 Å². The molecule has 0 unspecified atom stereocenters. The summed E-state index contributed by atoms with van der Waals surface area (Å²) in [6.45, 7) is 1.08. The summed E-state index contributed by atoms with van der Waals surface area (Å²) in [5, 5.41) is 7.42. The fourth-order valence-corrected chi connectivity index (χ4v) is 0. The van der Waals surface area contributed by atoms with Crippen molar-refractivity contribution in [2.45, 2.75) is 6.92 Å². The maximum absolute atomic E-state index is 9.00. The quantitative estimate of drug-likeness (QED) is 0.314. The monoisotopic (exact) mass is 108 g/mol. The molecule has 0 aliphatic heterocycles. The Morgan fingerprint density at radius 2 is 1.83 bits per heavy atom. The summed E-state index contributed by atoms with van der Waals surface area (Å²) in [5.74, 6) is -0.833. The number of hydrogen-bond donors (Lipinski definition) is 1. The maximum atomic E-state index is 9.00. The van der Waals surface area contributed by atoms with Gasteiger partial charge in [-0.25, -0.2) is 0 Å². The van der Waals surface area contributed by atoms with E-state index in [1.807, 2.05) is 0 Å². The molecule has 0 aromatic heterocycles. The van der Waals surface area contributed by atoms with E-state index in [2.05, 4.69) is 0 Å². The van der Waals surface area contributed by atoms with Crippen LogP contribution in [0.3, 0.4) is 0 Å². The largest absolute Gasteiger partial charge is 1.00 e. The Morgan fingerprint density at radius 3 is 1.83 bits per heavy atom. The average Bonchev–Trinajstić information content (AvgIpc) is 0.811. The molecule has 0 fully saturated rings. The molecule has 0 saturated heterocycles. The Kier molecular flexibility index (Phi) is 25.7. The van der Waals surface area contributed by atoms with Crippen molar-refractivity contribution < 1.29 is 83.0 Å². The minimum Gasteiger partial charge on any atom is -1.00 e. The number of carbonyl (C=O) groups is 1. The van der Waals surface area contributed by atoms with Crippen molar-refractivity contribution in [3.8, 4) is 0 Å². The van der Waals surface area contributed by atoms with Crippen LogP contribution in [0.5, 0.6) is 0 Å². The van der Waals surface area contributed by atoms with Crippen LogP contribution in [-0.2, 0) is 4.79 Å². The molecule has 0 heterocycles. The van der Waals surface area contributed by atoms with Crippen molar-refractivity contribution in [1.82, 2.24) is 0 Å². The van der Waals surface area contributed by atoms with Crippen molar-refractivity contribution in [2.24, 2.45) is 0 Å². The molecule has 28 valence electrons. The molecule has 0 aromatic rings. The van der Waals surface area contributed by atoms with Crippen LogP contribution < -0.4 is 70.2 Å². The van der Waals surface area contributed by atoms with E-state index < -0.39 is 5.97 Å². The number of rotatable bonds is 0. The standard InChI is InChI=1S/C2H4O2.K.Li.2H/c1-2(3)4;;;;/h1H3,(H,3,4);;;;/q;2*+1;2*-1. The van der Waals surface area contributed by atoms with Gasteiger partial charge in [-0.1, -0.05) is 0 Å². The van der Waals surface area contributed by atoms with Crippen molar-refractivity contribution in [1.29, 1.82) is 0 Å². The fraction of sp³-hybridized carbons (Fsp3) is 0.500. The minimum absolute atomic E-state index is 0. The number of hydrogen-bond acceptors (Lipinski definition) is 1. The third-order valence-electron chi connectivity index (χ3n) is 0. The Hall–Kier alpha value is 1.70. The second-order valence-corrected chi connectivity index (χ2v) is 0.519. The Balaban J connectivity index is -0.00000000750. The molecule has 0 saturated carbocycles. The summed E-state index contributed by atoms with van der Waals surface area (Å²) in [4.78, 5) is 9.00. The molecule has 1 N–H and O–H groups in total. The second-order valence-electron chi connectivity index (χ2n) is 0.519. The molecule has 0 spiro atoms. The van der Waals surface area contributed by atoms with Gasteiger partial charge in [-0.05, 0) is 0 Å². The van der Waals surface area contributed by atoms with Gasteiger partial charge in [0.05, 0.1) is 0 Å². The van der Waals surface area contributed by atoms with Gasteiger partial charge in [-0.15, -0.1) is 0 Å². The van der Waals surface area contributed by atoms with Crippen LogP contribution >= 0.6 is 0 Å². The SMILES string of the molecule is CC(=O)O.[H-].[H-].[K+].[Li+]. The van der Waals surface area contributed by atoms with Gasteiger partial charge in [0.15, 0.2) is 0 Å². The maximum Gasteiger partial charge on any atom is 1.00 e. The first-order valence-corrected chi connectivity index (χ1v) is 0.928. The summed E-state index contributed by atoms with van der Waals surface area (Å²) >= 11 is 0. The van der Waals surface area contributed by atoms with Crippen molar-refractivity contribution in [2.75, 3.05) is 0 Å². The first kappa shape index (κ1) is 15.6. The van der Waals surface area contributed by atoms with Crippen LogP contribution in [0.15, 0.2) is 0 Å². The molecule has 0 aromatic carbocycles. The summed E-state index contributed by atoms with van der Waals surface area (Å²) in [7, 11) is 0. The molecular weight excluding hydrogens is 102 g/mol. The average molecular weight is 108 g/mol. The molecule has 0 amide bonds. The summed E-state index contributed by atoms with van der Waals surface area (Å²) in [5.41, 5.74) is 0. The number of aliphatic carboxylic acids is 1. The molecule has 4 heteroatoms. The van der Waals surface area contributed by atoms with Gasteiger partial charge in [0.1, 0.15) is 0 Å². The molecule has 0 bridgehead atoms. The van der Waals surface area contributed by atoms with E-state index in [1.165, 1.54) is 0 Å². The molecule has 0 radical (unpaired) electrons. The van der Waals surface area contributed by atoms with E-state index in [9.17, 15) is 0 Å². The van der Waals surface area contributed by atoms with E-state index >= 15 is 0 Å². The minimum atomic E-state index is -0.833.